The molecule has 0 saturated heterocycles. The molecule has 4 fully saturated rings. The molecule has 1 aromatic rings. The molecule has 4 aliphatic rings. The fraction of sp³-hybridized carbons (Fsp3) is 0.619. The van der Waals surface area contributed by atoms with Crippen LogP contribution in [0.4, 0.5) is 10.1 Å². The van der Waals surface area contributed by atoms with E-state index in [1.54, 1.807) is 0 Å². The minimum absolute atomic E-state index is 0.178. The Morgan fingerprint density at radius 3 is 2.44 bits per heavy atom. The normalized spacial score (nSPS) is 34.9. The largest absolute Gasteiger partial charge is 0.453 e. The Bertz CT molecular complexity index is 733. The molecule has 146 valence electrons. The van der Waals surface area contributed by atoms with Crippen LogP contribution < -0.4 is 5.32 Å². The molecule has 1 aromatic carbocycles. The number of amides is 1. The maximum Gasteiger partial charge on any atom is 0.307 e. The maximum atomic E-state index is 12.9. The van der Waals surface area contributed by atoms with Gasteiger partial charge in [0, 0.05) is 5.69 Å². The van der Waals surface area contributed by atoms with Gasteiger partial charge < -0.3 is 15.2 Å². The van der Waals surface area contributed by atoms with E-state index in [1.165, 1.54) is 31.2 Å². The Hall–Kier alpha value is -1.95. The van der Waals surface area contributed by atoms with Gasteiger partial charge in [0.25, 0.3) is 5.91 Å². The van der Waals surface area contributed by atoms with Crippen molar-refractivity contribution in [3.05, 3.63) is 30.1 Å². The summed E-state index contributed by atoms with van der Waals surface area (Å²) in [7, 11) is 0. The quantitative estimate of drug-likeness (QED) is 0.774. The first-order valence-corrected chi connectivity index (χ1v) is 9.73. The summed E-state index contributed by atoms with van der Waals surface area (Å²) in [6.45, 7) is 1.53. The third kappa shape index (κ3) is 3.86. The third-order valence-corrected chi connectivity index (χ3v) is 6.46. The predicted octanol–water partition coefficient (Wildman–Crippen LogP) is 3.42. The van der Waals surface area contributed by atoms with E-state index in [4.69, 9.17) is 4.74 Å². The summed E-state index contributed by atoms with van der Waals surface area (Å²) < 4.78 is 18.3. The van der Waals surface area contributed by atoms with Gasteiger partial charge in [0.2, 0.25) is 0 Å². The van der Waals surface area contributed by atoms with E-state index < -0.39 is 17.6 Å². The van der Waals surface area contributed by atoms with E-state index in [0.29, 0.717) is 23.9 Å². The lowest BCUT2D eigenvalue weighted by Gasteiger charge is -2.60. The number of hydrogen-bond acceptors (Lipinski definition) is 4. The Morgan fingerprint density at radius 1 is 1.22 bits per heavy atom. The smallest absolute Gasteiger partial charge is 0.307 e. The van der Waals surface area contributed by atoms with Crippen molar-refractivity contribution in [1.82, 2.24) is 0 Å². The SMILES string of the molecule is C[C@@H](OC(=O)CC12C[C@@H]3C[C@@H](CC(O)(C3)C1)C2)C(=O)Nc1ccc(F)cc1. The summed E-state index contributed by atoms with van der Waals surface area (Å²) in [5, 5.41) is 13.4. The van der Waals surface area contributed by atoms with Crippen LogP contribution in [0.25, 0.3) is 0 Å². The molecule has 5 rings (SSSR count). The van der Waals surface area contributed by atoms with Gasteiger partial charge in [-0.25, -0.2) is 4.39 Å². The first-order valence-electron chi connectivity index (χ1n) is 9.73. The lowest BCUT2D eigenvalue weighted by Crippen LogP contribution is -2.56. The van der Waals surface area contributed by atoms with Crippen molar-refractivity contribution in [1.29, 1.82) is 0 Å². The topological polar surface area (TPSA) is 75.6 Å². The van der Waals surface area contributed by atoms with Gasteiger partial charge in [0.15, 0.2) is 6.10 Å². The summed E-state index contributed by atoms with van der Waals surface area (Å²) >= 11 is 0. The van der Waals surface area contributed by atoms with E-state index in [0.717, 1.165) is 32.1 Å². The second-order valence-electron chi connectivity index (χ2n) is 8.99. The van der Waals surface area contributed by atoms with Gasteiger partial charge >= 0.3 is 5.97 Å². The van der Waals surface area contributed by atoms with E-state index in [-0.39, 0.29) is 23.6 Å². The molecule has 0 radical (unpaired) electrons. The van der Waals surface area contributed by atoms with E-state index in [1.807, 2.05) is 0 Å². The highest BCUT2D eigenvalue weighted by molar-refractivity contribution is 5.95. The number of hydrogen-bond donors (Lipinski definition) is 2. The molecule has 1 amide bonds. The summed E-state index contributed by atoms with van der Waals surface area (Å²) in [6.07, 6.45) is 4.81. The molecule has 27 heavy (non-hydrogen) atoms. The molecular formula is C21H26FNO4. The third-order valence-electron chi connectivity index (χ3n) is 6.46. The molecule has 4 bridgehead atoms. The lowest BCUT2D eigenvalue weighted by atomic mass is 9.47. The summed E-state index contributed by atoms with van der Waals surface area (Å²) in [6, 6.07) is 5.42. The number of ether oxygens (including phenoxy) is 1. The van der Waals surface area contributed by atoms with E-state index in [2.05, 4.69) is 5.32 Å². The van der Waals surface area contributed by atoms with Gasteiger partial charge in [0.05, 0.1) is 12.0 Å². The zero-order valence-corrected chi connectivity index (χ0v) is 15.5. The van der Waals surface area contributed by atoms with Crippen molar-refractivity contribution < 1.29 is 23.8 Å². The van der Waals surface area contributed by atoms with Crippen LogP contribution in [0.15, 0.2) is 24.3 Å². The van der Waals surface area contributed by atoms with Crippen molar-refractivity contribution in [3.8, 4) is 0 Å². The Labute approximate surface area is 158 Å². The van der Waals surface area contributed by atoms with Gasteiger partial charge in [-0.05, 0) is 87.0 Å². The van der Waals surface area contributed by atoms with E-state index >= 15 is 0 Å². The summed E-state index contributed by atoms with van der Waals surface area (Å²) in [5.74, 6) is -0.211. The molecule has 6 heteroatoms. The number of anilines is 1. The maximum absolute atomic E-state index is 12.9. The van der Waals surface area contributed by atoms with Crippen molar-refractivity contribution in [2.75, 3.05) is 5.32 Å². The molecule has 5 atom stereocenters. The van der Waals surface area contributed by atoms with Gasteiger partial charge in [-0.2, -0.15) is 0 Å². The first-order chi connectivity index (χ1) is 12.7. The Kier molecular flexibility index (Phi) is 4.49. The molecule has 2 unspecified atom stereocenters. The molecule has 5 nitrogen and oxygen atoms in total. The predicted molar refractivity (Wildman–Crippen MR) is 97.3 cm³/mol. The molecular weight excluding hydrogens is 349 g/mol. The number of benzene rings is 1. The van der Waals surface area contributed by atoms with Crippen LogP contribution in [0, 0.1) is 23.1 Å². The fourth-order valence-electron chi connectivity index (χ4n) is 5.98. The summed E-state index contributed by atoms with van der Waals surface area (Å²) in [4.78, 5) is 24.7. The number of rotatable bonds is 5. The number of carbonyl (C=O) groups excluding carboxylic acids is 2. The van der Waals surface area contributed by atoms with Crippen molar-refractivity contribution >= 4 is 17.6 Å². The number of esters is 1. The molecule has 4 saturated carbocycles. The van der Waals surface area contributed by atoms with Crippen LogP contribution in [0.3, 0.4) is 0 Å². The second-order valence-corrected chi connectivity index (χ2v) is 8.99. The molecule has 4 aliphatic carbocycles. The van der Waals surface area contributed by atoms with Crippen LogP contribution in [0.2, 0.25) is 0 Å². The molecule has 0 spiro atoms. The number of halogens is 1. The molecule has 2 N–H and O–H groups in total. The number of aliphatic hydroxyl groups is 1. The van der Waals surface area contributed by atoms with Gasteiger partial charge in [-0.3, -0.25) is 9.59 Å². The number of carbonyl (C=O) groups is 2. The average molecular weight is 375 g/mol. The lowest BCUT2D eigenvalue weighted by molar-refractivity contribution is -0.179. The van der Waals surface area contributed by atoms with Gasteiger partial charge in [-0.15, -0.1) is 0 Å². The summed E-state index contributed by atoms with van der Waals surface area (Å²) in [5.41, 5.74) is -0.341. The molecule has 0 aliphatic heterocycles. The Morgan fingerprint density at radius 2 is 1.85 bits per heavy atom. The van der Waals surface area contributed by atoms with Crippen LogP contribution in [-0.2, 0) is 14.3 Å². The van der Waals surface area contributed by atoms with Gasteiger partial charge in [0.1, 0.15) is 5.82 Å². The van der Waals surface area contributed by atoms with Crippen LogP contribution in [0.5, 0.6) is 0 Å². The molecule has 0 aromatic heterocycles. The second kappa shape index (κ2) is 6.59. The van der Waals surface area contributed by atoms with E-state index in [9.17, 15) is 19.1 Å². The van der Waals surface area contributed by atoms with Crippen LogP contribution in [-0.4, -0.2) is 28.7 Å². The average Bonchev–Trinajstić information content (AvgIpc) is 2.53. The highest BCUT2D eigenvalue weighted by Crippen LogP contribution is 2.62. The molecule has 0 heterocycles. The van der Waals surface area contributed by atoms with Crippen LogP contribution >= 0.6 is 0 Å². The Balaban J connectivity index is 1.34. The number of nitrogens with one attached hydrogen (secondary N) is 1. The zero-order chi connectivity index (χ0) is 19.2. The van der Waals surface area contributed by atoms with Crippen molar-refractivity contribution in [3.63, 3.8) is 0 Å². The zero-order valence-electron chi connectivity index (χ0n) is 15.5. The minimum Gasteiger partial charge on any atom is -0.453 e. The van der Waals surface area contributed by atoms with Crippen LogP contribution in [0.1, 0.15) is 51.9 Å². The van der Waals surface area contributed by atoms with Crippen molar-refractivity contribution in [2.24, 2.45) is 17.3 Å². The standard InChI is InChI=1S/C21H26FNO4/c1-13(19(25)23-17-4-2-16(22)3-5-17)27-18(24)11-20-7-14-6-15(8-20)10-21(26,9-14)12-20/h2-5,13-15,26H,6-12H2,1H3,(H,23,25)/t13-,14-,15+,20?,21?/m1/s1. The van der Waals surface area contributed by atoms with Crippen molar-refractivity contribution in [2.45, 2.75) is 63.6 Å². The highest BCUT2D eigenvalue weighted by atomic mass is 19.1. The fourth-order valence-corrected chi connectivity index (χ4v) is 5.98. The van der Waals surface area contributed by atoms with Gasteiger partial charge in [-0.1, -0.05) is 0 Å². The highest BCUT2D eigenvalue weighted by Gasteiger charge is 2.57. The monoisotopic (exact) mass is 375 g/mol. The minimum atomic E-state index is -0.931. The first kappa shape index (κ1) is 18.4.